The van der Waals surface area contributed by atoms with E-state index in [4.69, 9.17) is 0 Å². The highest BCUT2D eigenvalue weighted by molar-refractivity contribution is 5.17. The van der Waals surface area contributed by atoms with Gasteiger partial charge in [0.1, 0.15) is 0 Å². The summed E-state index contributed by atoms with van der Waals surface area (Å²) in [5.41, 5.74) is 1.55. The molecule has 62 valence electrons. The number of hydrogen-bond acceptors (Lipinski definition) is 0. The zero-order valence-corrected chi connectivity index (χ0v) is 7.85. The maximum atomic E-state index is 2.50. The second-order valence-electron chi connectivity index (χ2n) is 6.03. The van der Waals surface area contributed by atoms with Gasteiger partial charge in [-0.25, -0.2) is 0 Å². The minimum Gasteiger partial charge on any atom is -0.0594 e. The molecule has 0 bridgehead atoms. The second-order valence-corrected chi connectivity index (χ2v) is 6.03. The molecule has 0 amide bonds. The predicted molar refractivity (Wildman–Crippen MR) is 46.2 cm³/mol. The van der Waals surface area contributed by atoms with Crippen molar-refractivity contribution in [1.29, 1.82) is 0 Å². The smallest absolute Gasteiger partial charge is 0.0291 e. The van der Waals surface area contributed by atoms with Crippen molar-refractivity contribution >= 4 is 0 Å². The Bertz CT molecular complexity index is 216. The van der Waals surface area contributed by atoms with Crippen LogP contribution in [0.4, 0.5) is 0 Å². The highest BCUT2D eigenvalue weighted by Crippen LogP contribution is 2.76. The first-order valence-electron chi connectivity index (χ1n) is 5.04. The Morgan fingerprint density at radius 2 is 1.73 bits per heavy atom. The fourth-order valence-electron chi connectivity index (χ4n) is 3.66. The lowest BCUT2D eigenvalue weighted by atomic mass is 9.90. The van der Waals surface area contributed by atoms with Crippen molar-refractivity contribution in [2.24, 2.45) is 28.6 Å². The molecule has 0 aromatic carbocycles. The van der Waals surface area contributed by atoms with Gasteiger partial charge in [0.05, 0.1) is 0 Å². The first-order chi connectivity index (χ1) is 5.04. The number of hydrogen-bond donors (Lipinski definition) is 0. The van der Waals surface area contributed by atoms with Crippen LogP contribution in [0.5, 0.6) is 0 Å². The van der Waals surface area contributed by atoms with E-state index in [0.717, 1.165) is 28.6 Å². The molecule has 0 N–H and O–H groups in total. The Morgan fingerprint density at radius 3 is 2.36 bits per heavy atom. The van der Waals surface area contributed by atoms with Crippen LogP contribution in [0.1, 0.15) is 40.0 Å². The Labute approximate surface area is 69.4 Å². The highest BCUT2D eigenvalue weighted by atomic mass is 14.7. The van der Waals surface area contributed by atoms with Crippen LogP contribution in [-0.2, 0) is 0 Å². The first kappa shape index (κ1) is 6.51. The van der Waals surface area contributed by atoms with Crippen LogP contribution in [0.15, 0.2) is 0 Å². The summed E-state index contributed by atoms with van der Waals surface area (Å²) in [5.74, 6) is 3.35. The van der Waals surface area contributed by atoms with E-state index in [1.54, 1.807) is 19.3 Å². The molecule has 4 unspecified atom stereocenters. The molecule has 11 heavy (non-hydrogen) atoms. The van der Waals surface area contributed by atoms with Crippen LogP contribution < -0.4 is 0 Å². The van der Waals surface area contributed by atoms with Gasteiger partial charge in [0, 0.05) is 0 Å². The summed E-state index contributed by atoms with van der Waals surface area (Å²) in [7, 11) is 0. The third-order valence-electron chi connectivity index (χ3n) is 5.05. The van der Waals surface area contributed by atoms with Gasteiger partial charge in [-0.3, -0.25) is 0 Å². The van der Waals surface area contributed by atoms with Crippen LogP contribution >= 0.6 is 0 Å². The molecule has 0 aromatic rings. The topological polar surface area (TPSA) is 0 Å². The minimum absolute atomic E-state index is 0.733. The molecule has 3 saturated carbocycles. The van der Waals surface area contributed by atoms with Gasteiger partial charge in [-0.1, -0.05) is 20.8 Å². The van der Waals surface area contributed by atoms with Crippen LogP contribution in [0.3, 0.4) is 0 Å². The molecule has 3 fully saturated rings. The molecular formula is C11H18. The van der Waals surface area contributed by atoms with Gasteiger partial charge in [0.25, 0.3) is 0 Å². The van der Waals surface area contributed by atoms with Gasteiger partial charge in [-0.15, -0.1) is 0 Å². The number of rotatable bonds is 0. The molecule has 0 heterocycles. The van der Waals surface area contributed by atoms with Crippen molar-refractivity contribution in [2.75, 3.05) is 0 Å². The van der Waals surface area contributed by atoms with Gasteiger partial charge >= 0.3 is 0 Å². The molecule has 0 saturated heterocycles. The lowest BCUT2D eigenvalue weighted by molar-refractivity contribution is 0.348. The zero-order chi connectivity index (χ0) is 7.85. The average molecular weight is 150 g/mol. The van der Waals surface area contributed by atoms with E-state index in [9.17, 15) is 0 Å². The van der Waals surface area contributed by atoms with E-state index in [0.29, 0.717) is 0 Å². The SMILES string of the molecule is CC12CC1CC1C(C2)C1(C)C. The second kappa shape index (κ2) is 1.41. The first-order valence-corrected chi connectivity index (χ1v) is 5.04. The molecule has 0 aliphatic heterocycles. The van der Waals surface area contributed by atoms with Crippen LogP contribution in [0.2, 0.25) is 0 Å². The summed E-state index contributed by atoms with van der Waals surface area (Å²) in [6, 6.07) is 0. The minimum atomic E-state index is 0.733. The van der Waals surface area contributed by atoms with Crippen LogP contribution in [0, 0.1) is 28.6 Å². The average Bonchev–Trinajstić information content (AvgIpc) is 2.68. The van der Waals surface area contributed by atoms with Gasteiger partial charge in [0.2, 0.25) is 0 Å². The fraction of sp³-hybridized carbons (Fsp3) is 1.00. The van der Waals surface area contributed by atoms with E-state index in [1.807, 2.05) is 0 Å². The van der Waals surface area contributed by atoms with Gasteiger partial charge in [-0.05, 0) is 47.8 Å². The van der Waals surface area contributed by atoms with Gasteiger partial charge < -0.3 is 0 Å². The quantitative estimate of drug-likeness (QED) is 0.498. The van der Waals surface area contributed by atoms with Crippen molar-refractivity contribution in [3.63, 3.8) is 0 Å². The normalized spacial score (nSPS) is 63.0. The molecule has 0 nitrogen and oxygen atoms in total. The molecule has 3 rings (SSSR count). The zero-order valence-electron chi connectivity index (χ0n) is 7.85. The van der Waals surface area contributed by atoms with E-state index >= 15 is 0 Å². The maximum absolute atomic E-state index is 2.50. The summed E-state index contributed by atoms with van der Waals surface area (Å²) < 4.78 is 0. The van der Waals surface area contributed by atoms with Crippen LogP contribution in [0.25, 0.3) is 0 Å². The van der Waals surface area contributed by atoms with Crippen LogP contribution in [-0.4, -0.2) is 0 Å². The van der Waals surface area contributed by atoms with Gasteiger partial charge in [-0.2, -0.15) is 0 Å². The molecule has 4 atom stereocenters. The predicted octanol–water partition coefficient (Wildman–Crippen LogP) is 3.08. The Hall–Kier alpha value is 0. The number of fused-ring (bicyclic) bond motifs is 2. The largest absolute Gasteiger partial charge is 0.0594 e. The molecular weight excluding hydrogens is 132 g/mol. The van der Waals surface area contributed by atoms with E-state index < -0.39 is 0 Å². The summed E-state index contributed by atoms with van der Waals surface area (Å²) in [5, 5.41) is 0. The Balaban J connectivity index is 1.85. The lowest BCUT2D eigenvalue weighted by Crippen LogP contribution is -2.06. The van der Waals surface area contributed by atoms with E-state index in [1.165, 1.54) is 0 Å². The fourth-order valence-corrected chi connectivity index (χ4v) is 3.66. The monoisotopic (exact) mass is 150 g/mol. The molecule has 0 radical (unpaired) electrons. The summed E-state index contributed by atoms with van der Waals surface area (Å²) in [4.78, 5) is 0. The van der Waals surface area contributed by atoms with Crippen molar-refractivity contribution in [3.8, 4) is 0 Å². The highest BCUT2D eigenvalue weighted by Gasteiger charge is 2.68. The molecule has 0 spiro atoms. The molecule has 3 aliphatic rings. The molecule has 3 aliphatic carbocycles. The standard InChI is InChI=1S/C11H18/c1-10(2)8-4-7-5-11(7,3)6-9(8)10/h7-9H,4-6H2,1-3H3. The van der Waals surface area contributed by atoms with Crippen molar-refractivity contribution in [3.05, 3.63) is 0 Å². The summed E-state index contributed by atoms with van der Waals surface area (Å²) in [6.07, 6.45) is 4.67. The van der Waals surface area contributed by atoms with E-state index in [2.05, 4.69) is 20.8 Å². The van der Waals surface area contributed by atoms with Crippen molar-refractivity contribution in [2.45, 2.75) is 40.0 Å². The Morgan fingerprint density at radius 1 is 1.00 bits per heavy atom. The van der Waals surface area contributed by atoms with Crippen molar-refractivity contribution in [1.82, 2.24) is 0 Å². The summed E-state index contributed by atoms with van der Waals surface area (Å²) >= 11 is 0. The molecule has 0 aromatic heterocycles. The van der Waals surface area contributed by atoms with Gasteiger partial charge in [0.15, 0.2) is 0 Å². The lowest BCUT2D eigenvalue weighted by Gasteiger charge is -2.15. The third-order valence-corrected chi connectivity index (χ3v) is 5.05. The molecule has 0 heteroatoms. The third kappa shape index (κ3) is 0.625. The Kier molecular flexibility index (Phi) is 0.832. The van der Waals surface area contributed by atoms with Crippen molar-refractivity contribution < 1.29 is 0 Å². The summed E-state index contributed by atoms with van der Waals surface area (Å²) in [6.45, 7) is 7.44. The van der Waals surface area contributed by atoms with E-state index in [-0.39, 0.29) is 0 Å². The maximum Gasteiger partial charge on any atom is -0.0291 e.